The van der Waals surface area contributed by atoms with E-state index in [4.69, 9.17) is 0 Å². The van der Waals surface area contributed by atoms with E-state index in [1.807, 2.05) is 39.6 Å². The third-order valence-electron chi connectivity index (χ3n) is 3.79. The average Bonchev–Trinajstić information content (AvgIpc) is 2.79. The number of nitrogens with zero attached hydrogens (tertiary/aromatic N) is 2. The number of amides is 1. The lowest BCUT2D eigenvalue weighted by Crippen LogP contribution is -2.45. The molecule has 21 heavy (non-hydrogen) atoms. The number of aliphatic hydroxyl groups is 1. The molecule has 2 N–H and O–H groups in total. The van der Waals surface area contributed by atoms with E-state index in [0.717, 1.165) is 30.0 Å². The second kappa shape index (κ2) is 6.01. The third kappa shape index (κ3) is 4.01. The van der Waals surface area contributed by atoms with Gasteiger partial charge in [0, 0.05) is 25.2 Å². The Morgan fingerprint density at radius 1 is 1.48 bits per heavy atom. The molecule has 2 rings (SSSR count). The van der Waals surface area contributed by atoms with Crippen molar-refractivity contribution >= 4 is 17.7 Å². The summed E-state index contributed by atoms with van der Waals surface area (Å²) in [5.41, 5.74) is 0.435. The van der Waals surface area contributed by atoms with E-state index in [1.54, 1.807) is 10.9 Å². The Morgan fingerprint density at radius 3 is 2.67 bits per heavy atom. The summed E-state index contributed by atoms with van der Waals surface area (Å²) in [4.78, 5) is 12.4. The highest BCUT2D eigenvalue weighted by Gasteiger charge is 2.31. The van der Waals surface area contributed by atoms with Crippen molar-refractivity contribution < 1.29 is 9.90 Å². The number of rotatable bonds is 3. The second-order valence-corrected chi connectivity index (χ2v) is 8.06. The molecule has 0 saturated carbocycles. The maximum Gasteiger partial charge on any atom is 0.254 e. The van der Waals surface area contributed by atoms with Gasteiger partial charge in [-0.1, -0.05) is 20.8 Å². The van der Waals surface area contributed by atoms with Gasteiger partial charge in [0.2, 0.25) is 0 Å². The number of thioether (sulfide) groups is 1. The summed E-state index contributed by atoms with van der Waals surface area (Å²) < 4.78 is 1.67. The van der Waals surface area contributed by atoms with Crippen LogP contribution in [0.1, 0.15) is 49.7 Å². The summed E-state index contributed by atoms with van der Waals surface area (Å²) in [6.07, 6.45) is 3.21. The molecule has 1 aliphatic heterocycles. The highest BCUT2D eigenvalue weighted by molar-refractivity contribution is 7.99. The first-order valence-electron chi connectivity index (χ1n) is 7.34. The van der Waals surface area contributed by atoms with E-state index < -0.39 is 5.60 Å². The Kier molecular flexibility index (Phi) is 4.68. The van der Waals surface area contributed by atoms with Crippen LogP contribution in [-0.2, 0) is 12.5 Å². The zero-order valence-electron chi connectivity index (χ0n) is 13.3. The predicted octanol–water partition coefficient (Wildman–Crippen LogP) is 1.71. The highest BCUT2D eigenvalue weighted by Crippen LogP contribution is 2.27. The van der Waals surface area contributed by atoms with Crippen LogP contribution in [0.5, 0.6) is 0 Å². The van der Waals surface area contributed by atoms with Gasteiger partial charge in [-0.3, -0.25) is 9.48 Å². The first kappa shape index (κ1) is 16.4. The molecule has 5 nitrogen and oxygen atoms in total. The summed E-state index contributed by atoms with van der Waals surface area (Å²) in [7, 11) is 1.82. The SMILES string of the molecule is Cn1cc(C(=O)NCC2(O)CCSCC2)c(C(C)(C)C)n1. The van der Waals surface area contributed by atoms with Crippen LogP contribution < -0.4 is 5.32 Å². The number of hydrogen-bond donors (Lipinski definition) is 2. The van der Waals surface area contributed by atoms with Crippen molar-refractivity contribution in [3.05, 3.63) is 17.5 Å². The fraction of sp³-hybridized carbons (Fsp3) is 0.733. The van der Waals surface area contributed by atoms with Crippen molar-refractivity contribution in [3.63, 3.8) is 0 Å². The lowest BCUT2D eigenvalue weighted by Gasteiger charge is -2.31. The molecule has 0 aliphatic carbocycles. The fourth-order valence-corrected chi connectivity index (χ4v) is 3.73. The zero-order valence-corrected chi connectivity index (χ0v) is 14.1. The number of hydrogen-bond acceptors (Lipinski definition) is 4. The van der Waals surface area contributed by atoms with Crippen molar-refractivity contribution in [2.75, 3.05) is 18.1 Å². The second-order valence-electron chi connectivity index (χ2n) is 6.83. The molecule has 0 radical (unpaired) electrons. The molecule has 118 valence electrons. The number of carbonyl (C=O) groups excluding carboxylic acids is 1. The maximum absolute atomic E-state index is 12.4. The highest BCUT2D eigenvalue weighted by atomic mass is 32.2. The van der Waals surface area contributed by atoms with Gasteiger partial charge in [0.1, 0.15) is 0 Å². The van der Waals surface area contributed by atoms with Crippen LogP contribution >= 0.6 is 11.8 Å². The summed E-state index contributed by atoms with van der Waals surface area (Å²) in [5.74, 6) is 1.75. The zero-order chi connectivity index (χ0) is 15.7. The van der Waals surface area contributed by atoms with Gasteiger partial charge in [-0.2, -0.15) is 16.9 Å². The van der Waals surface area contributed by atoms with E-state index in [2.05, 4.69) is 10.4 Å². The first-order valence-corrected chi connectivity index (χ1v) is 8.49. The van der Waals surface area contributed by atoms with E-state index in [1.165, 1.54) is 0 Å². The molecule has 1 aromatic heterocycles. The van der Waals surface area contributed by atoms with Gasteiger partial charge in [-0.15, -0.1) is 0 Å². The molecule has 0 bridgehead atoms. The topological polar surface area (TPSA) is 67.2 Å². The minimum atomic E-state index is -0.759. The van der Waals surface area contributed by atoms with E-state index in [-0.39, 0.29) is 11.3 Å². The van der Waals surface area contributed by atoms with Crippen molar-refractivity contribution in [2.45, 2.75) is 44.6 Å². The number of aromatic nitrogens is 2. The molecular weight excluding hydrogens is 286 g/mol. The van der Waals surface area contributed by atoms with Crippen molar-refractivity contribution in [3.8, 4) is 0 Å². The molecule has 1 amide bonds. The van der Waals surface area contributed by atoms with Crippen LogP contribution in [0.2, 0.25) is 0 Å². The van der Waals surface area contributed by atoms with Gasteiger partial charge < -0.3 is 10.4 Å². The molecule has 6 heteroatoms. The van der Waals surface area contributed by atoms with Crippen molar-refractivity contribution in [1.29, 1.82) is 0 Å². The van der Waals surface area contributed by atoms with Crippen molar-refractivity contribution in [2.24, 2.45) is 7.05 Å². The first-order chi connectivity index (χ1) is 9.71. The molecule has 0 spiro atoms. The van der Waals surface area contributed by atoms with Gasteiger partial charge in [-0.25, -0.2) is 0 Å². The van der Waals surface area contributed by atoms with Gasteiger partial charge in [0.05, 0.1) is 16.9 Å². The summed E-state index contributed by atoms with van der Waals surface area (Å²) in [5, 5.41) is 17.7. The van der Waals surface area contributed by atoms with Crippen LogP contribution in [0.3, 0.4) is 0 Å². The molecule has 0 unspecified atom stereocenters. The van der Waals surface area contributed by atoms with Gasteiger partial charge in [0.15, 0.2) is 0 Å². The monoisotopic (exact) mass is 311 g/mol. The molecule has 1 fully saturated rings. The van der Waals surface area contributed by atoms with Gasteiger partial charge >= 0.3 is 0 Å². The largest absolute Gasteiger partial charge is 0.388 e. The van der Waals surface area contributed by atoms with Crippen LogP contribution in [0, 0.1) is 0 Å². The number of nitrogens with one attached hydrogen (secondary N) is 1. The summed E-state index contributed by atoms with van der Waals surface area (Å²) in [6.45, 7) is 6.43. The van der Waals surface area contributed by atoms with Crippen LogP contribution in [0.15, 0.2) is 6.20 Å². The Morgan fingerprint density at radius 2 is 2.10 bits per heavy atom. The van der Waals surface area contributed by atoms with Crippen molar-refractivity contribution in [1.82, 2.24) is 15.1 Å². The number of carbonyl (C=O) groups is 1. The van der Waals surface area contributed by atoms with Crippen LogP contribution in [0.4, 0.5) is 0 Å². The Hall–Kier alpha value is -1.01. The van der Waals surface area contributed by atoms with E-state index >= 15 is 0 Å². The molecule has 1 saturated heterocycles. The van der Waals surface area contributed by atoms with E-state index in [0.29, 0.717) is 12.1 Å². The quantitative estimate of drug-likeness (QED) is 0.892. The van der Waals surface area contributed by atoms with Crippen LogP contribution in [0.25, 0.3) is 0 Å². The number of aryl methyl sites for hydroxylation is 1. The Labute approximate surface area is 130 Å². The minimum Gasteiger partial charge on any atom is -0.388 e. The van der Waals surface area contributed by atoms with Gasteiger partial charge in [0.25, 0.3) is 5.91 Å². The van der Waals surface area contributed by atoms with Crippen LogP contribution in [-0.4, -0.2) is 44.4 Å². The smallest absolute Gasteiger partial charge is 0.254 e. The molecular formula is C15H25N3O2S. The van der Waals surface area contributed by atoms with E-state index in [9.17, 15) is 9.90 Å². The standard InChI is InChI=1S/C15H25N3O2S/c1-14(2,3)12-11(9-18(4)17-12)13(19)16-10-15(20)5-7-21-8-6-15/h9,20H,5-8,10H2,1-4H3,(H,16,19). The summed E-state index contributed by atoms with van der Waals surface area (Å²) >= 11 is 1.85. The lowest BCUT2D eigenvalue weighted by atomic mass is 9.89. The molecule has 0 aromatic carbocycles. The lowest BCUT2D eigenvalue weighted by molar-refractivity contribution is 0.0311. The predicted molar refractivity (Wildman–Crippen MR) is 85.8 cm³/mol. The molecule has 0 atom stereocenters. The Balaban J connectivity index is 2.07. The normalized spacial score (nSPS) is 18.5. The maximum atomic E-state index is 12.4. The Bertz CT molecular complexity index is 513. The minimum absolute atomic E-state index is 0.153. The molecule has 1 aromatic rings. The third-order valence-corrected chi connectivity index (χ3v) is 4.77. The molecule has 1 aliphatic rings. The fourth-order valence-electron chi connectivity index (χ4n) is 2.48. The van der Waals surface area contributed by atoms with Gasteiger partial charge in [-0.05, 0) is 24.3 Å². The molecule has 2 heterocycles. The average molecular weight is 311 g/mol. The summed E-state index contributed by atoms with van der Waals surface area (Å²) in [6, 6.07) is 0.